The molecule has 0 radical (unpaired) electrons. The van der Waals surface area contributed by atoms with Crippen LogP contribution in [0.1, 0.15) is 17.4 Å². The molecule has 0 saturated heterocycles. The van der Waals surface area contributed by atoms with Crippen molar-refractivity contribution in [2.24, 2.45) is 5.73 Å². The number of hydrogen-bond donors (Lipinski definition) is 5. The van der Waals surface area contributed by atoms with Crippen molar-refractivity contribution in [2.45, 2.75) is 13.0 Å². The largest absolute Gasteiger partial charge is 0.507 e. The second kappa shape index (κ2) is 8.34. The van der Waals surface area contributed by atoms with Gasteiger partial charge in [0.2, 0.25) is 5.91 Å². The van der Waals surface area contributed by atoms with E-state index in [0.717, 1.165) is 6.07 Å². The van der Waals surface area contributed by atoms with Crippen molar-refractivity contribution in [3.05, 3.63) is 47.1 Å². The number of amides is 2. The number of H-pyrrole nitrogens is 1. The molecule has 2 aromatic carbocycles. The first-order valence-corrected chi connectivity index (χ1v) is 9.15. The summed E-state index contributed by atoms with van der Waals surface area (Å²) in [5.74, 6) is -1.29. The summed E-state index contributed by atoms with van der Waals surface area (Å²) in [6.07, 6.45) is 0. The zero-order valence-corrected chi connectivity index (χ0v) is 16.8. The minimum atomic E-state index is -0.913. The number of methoxy groups -OCH3 is 1. The Hall–Kier alpha value is -3.72. The van der Waals surface area contributed by atoms with Gasteiger partial charge in [0.1, 0.15) is 34.7 Å². The SMILES string of the molecule is COc1ccc(-c2c(-c3cc(Cl)c(O)cc3O)n[nH]c2C(=O)NC(C)C(N)=O)cc1. The monoisotopic (exact) mass is 430 g/mol. The van der Waals surface area contributed by atoms with Crippen molar-refractivity contribution in [2.75, 3.05) is 7.11 Å². The van der Waals surface area contributed by atoms with Crippen molar-refractivity contribution in [1.82, 2.24) is 15.5 Å². The Morgan fingerprint density at radius 2 is 1.87 bits per heavy atom. The molecule has 1 unspecified atom stereocenters. The van der Waals surface area contributed by atoms with Gasteiger partial charge in [-0.15, -0.1) is 0 Å². The molecule has 0 spiro atoms. The van der Waals surface area contributed by atoms with Crippen LogP contribution < -0.4 is 15.8 Å². The average Bonchev–Trinajstić information content (AvgIpc) is 3.15. The summed E-state index contributed by atoms with van der Waals surface area (Å²) >= 11 is 6.00. The Kier molecular flexibility index (Phi) is 5.84. The summed E-state index contributed by atoms with van der Waals surface area (Å²) in [4.78, 5) is 24.1. The minimum Gasteiger partial charge on any atom is -0.507 e. The van der Waals surface area contributed by atoms with Crippen LogP contribution in [0.3, 0.4) is 0 Å². The Balaban J connectivity index is 2.18. The number of halogens is 1. The number of phenolic OH excluding ortho intramolecular Hbond substituents is 2. The number of phenols is 2. The maximum atomic E-state index is 12.8. The number of aromatic hydroxyl groups is 2. The van der Waals surface area contributed by atoms with Crippen LogP contribution in [0.5, 0.6) is 17.2 Å². The maximum Gasteiger partial charge on any atom is 0.270 e. The predicted octanol–water partition coefficient (Wildman–Crippen LogP) is 2.42. The lowest BCUT2D eigenvalue weighted by molar-refractivity contribution is -0.119. The third-order valence-corrected chi connectivity index (χ3v) is 4.77. The number of nitrogens with two attached hydrogens (primary N) is 1. The fourth-order valence-corrected chi connectivity index (χ4v) is 2.98. The normalized spacial score (nSPS) is 11.7. The average molecular weight is 431 g/mol. The van der Waals surface area contributed by atoms with Gasteiger partial charge >= 0.3 is 0 Å². The number of ether oxygens (including phenoxy) is 1. The van der Waals surface area contributed by atoms with E-state index in [2.05, 4.69) is 15.5 Å². The van der Waals surface area contributed by atoms with E-state index in [1.807, 2.05) is 0 Å². The highest BCUT2D eigenvalue weighted by Gasteiger charge is 2.25. The minimum absolute atomic E-state index is 0.000155. The fraction of sp³-hybridized carbons (Fsp3) is 0.150. The highest BCUT2D eigenvalue weighted by molar-refractivity contribution is 6.32. The first-order valence-electron chi connectivity index (χ1n) is 8.77. The van der Waals surface area contributed by atoms with Crippen LogP contribution in [0.15, 0.2) is 36.4 Å². The quantitative estimate of drug-likeness (QED) is 0.405. The first-order chi connectivity index (χ1) is 14.2. The van der Waals surface area contributed by atoms with Gasteiger partial charge in [0.15, 0.2) is 0 Å². The Morgan fingerprint density at radius 1 is 1.20 bits per heavy atom. The predicted molar refractivity (Wildman–Crippen MR) is 110 cm³/mol. The van der Waals surface area contributed by atoms with Crippen LogP contribution in [-0.2, 0) is 4.79 Å². The lowest BCUT2D eigenvalue weighted by Gasteiger charge is -2.12. The first kappa shape index (κ1) is 21.0. The zero-order chi connectivity index (χ0) is 22.0. The lowest BCUT2D eigenvalue weighted by atomic mass is 9.97. The molecule has 3 rings (SSSR count). The number of hydrogen-bond acceptors (Lipinski definition) is 6. The molecular weight excluding hydrogens is 412 g/mol. The highest BCUT2D eigenvalue weighted by atomic mass is 35.5. The maximum absolute atomic E-state index is 12.8. The molecule has 6 N–H and O–H groups in total. The van der Waals surface area contributed by atoms with Gasteiger partial charge in [-0.3, -0.25) is 14.7 Å². The summed E-state index contributed by atoms with van der Waals surface area (Å²) < 4.78 is 5.17. The number of rotatable bonds is 6. The number of carbonyl (C=O) groups excluding carboxylic acids is 2. The van der Waals surface area contributed by atoms with E-state index in [4.69, 9.17) is 22.1 Å². The van der Waals surface area contributed by atoms with Gasteiger partial charge in [0.25, 0.3) is 5.91 Å². The molecule has 0 aliphatic heterocycles. The van der Waals surface area contributed by atoms with Crippen molar-refractivity contribution in [3.8, 4) is 39.6 Å². The third-order valence-electron chi connectivity index (χ3n) is 4.47. The van der Waals surface area contributed by atoms with E-state index in [1.165, 1.54) is 20.1 Å². The second-order valence-electron chi connectivity index (χ2n) is 6.47. The van der Waals surface area contributed by atoms with Gasteiger partial charge in [-0.2, -0.15) is 5.10 Å². The van der Waals surface area contributed by atoms with E-state index < -0.39 is 17.9 Å². The topological polar surface area (TPSA) is 151 Å². The van der Waals surface area contributed by atoms with Gasteiger partial charge in [0.05, 0.1) is 12.1 Å². The van der Waals surface area contributed by atoms with Gasteiger partial charge < -0.3 is 26.0 Å². The number of benzene rings is 2. The molecule has 156 valence electrons. The molecule has 3 aromatic rings. The van der Waals surface area contributed by atoms with E-state index in [-0.39, 0.29) is 33.5 Å². The molecule has 1 aromatic heterocycles. The van der Waals surface area contributed by atoms with Gasteiger partial charge in [-0.1, -0.05) is 23.7 Å². The van der Waals surface area contributed by atoms with Crippen LogP contribution in [0, 0.1) is 0 Å². The number of aromatic amines is 1. The molecule has 1 atom stereocenters. The summed E-state index contributed by atoms with van der Waals surface area (Å²) in [6, 6.07) is 8.32. The zero-order valence-electron chi connectivity index (χ0n) is 16.1. The van der Waals surface area contributed by atoms with Crippen LogP contribution in [0.4, 0.5) is 0 Å². The summed E-state index contributed by atoms with van der Waals surface area (Å²) in [6.45, 7) is 1.45. The second-order valence-corrected chi connectivity index (χ2v) is 6.88. The molecule has 0 bridgehead atoms. The molecular formula is C20H19ClN4O5. The van der Waals surface area contributed by atoms with Crippen molar-refractivity contribution in [3.63, 3.8) is 0 Å². The van der Waals surface area contributed by atoms with E-state index in [0.29, 0.717) is 16.9 Å². The van der Waals surface area contributed by atoms with Crippen LogP contribution in [-0.4, -0.2) is 45.4 Å². The van der Waals surface area contributed by atoms with Gasteiger partial charge in [-0.25, -0.2) is 0 Å². The fourth-order valence-electron chi connectivity index (χ4n) is 2.82. The van der Waals surface area contributed by atoms with E-state index in [1.54, 1.807) is 24.3 Å². The van der Waals surface area contributed by atoms with E-state index >= 15 is 0 Å². The summed E-state index contributed by atoms with van der Waals surface area (Å²) in [5, 5.41) is 29.4. The van der Waals surface area contributed by atoms with Crippen LogP contribution >= 0.6 is 11.6 Å². The molecule has 1 heterocycles. The molecule has 2 amide bonds. The highest BCUT2D eigenvalue weighted by Crippen LogP contribution is 2.41. The van der Waals surface area contributed by atoms with Gasteiger partial charge in [-0.05, 0) is 30.7 Å². The molecule has 30 heavy (non-hydrogen) atoms. The molecule has 10 heteroatoms. The smallest absolute Gasteiger partial charge is 0.270 e. The molecule has 0 aliphatic rings. The molecule has 9 nitrogen and oxygen atoms in total. The van der Waals surface area contributed by atoms with Gasteiger partial charge in [0, 0.05) is 17.2 Å². The number of aromatic nitrogens is 2. The summed E-state index contributed by atoms with van der Waals surface area (Å²) in [5.41, 5.74) is 6.62. The van der Waals surface area contributed by atoms with Crippen molar-refractivity contribution < 1.29 is 24.5 Å². The number of carbonyl (C=O) groups is 2. The summed E-state index contributed by atoms with van der Waals surface area (Å²) in [7, 11) is 1.53. The number of nitrogens with zero attached hydrogens (tertiary/aromatic N) is 1. The standard InChI is InChI=1S/C20H19ClN4O5/c1-9(19(22)28)23-20(29)18-16(10-3-5-11(30-2)6-4-10)17(24-25-18)12-7-13(21)15(27)8-14(12)26/h3-9,26-27H,1-2H3,(H2,22,28)(H,23,29)(H,24,25). The molecule has 0 saturated carbocycles. The molecule has 0 fully saturated rings. The Labute approximate surface area is 176 Å². The van der Waals surface area contributed by atoms with Crippen molar-refractivity contribution >= 4 is 23.4 Å². The Morgan fingerprint density at radius 3 is 2.47 bits per heavy atom. The lowest BCUT2D eigenvalue weighted by Crippen LogP contribution is -2.42. The Bertz CT molecular complexity index is 1110. The third kappa shape index (κ3) is 4.01. The number of nitrogens with one attached hydrogen (secondary N) is 2. The van der Waals surface area contributed by atoms with E-state index in [9.17, 15) is 19.8 Å². The number of primary amides is 1. The molecule has 0 aliphatic carbocycles. The van der Waals surface area contributed by atoms with Crippen LogP contribution in [0.25, 0.3) is 22.4 Å². The van der Waals surface area contributed by atoms with Crippen molar-refractivity contribution in [1.29, 1.82) is 0 Å². The van der Waals surface area contributed by atoms with Crippen LogP contribution in [0.2, 0.25) is 5.02 Å².